The number of rotatable bonds is 4. The van der Waals surface area contributed by atoms with Crippen molar-refractivity contribution < 1.29 is 9.52 Å². The molecule has 1 N–H and O–H groups in total. The molecule has 0 bridgehead atoms. The highest BCUT2D eigenvalue weighted by Crippen LogP contribution is 2.38. The van der Waals surface area contributed by atoms with Gasteiger partial charge in [0, 0.05) is 28.8 Å². The molecule has 6 nitrogen and oxygen atoms in total. The van der Waals surface area contributed by atoms with Gasteiger partial charge in [-0.1, -0.05) is 23.9 Å². The lowest BCUT2D eigenvalue weighted by molar-refractivity contribution is 0.468. The third-order valence-corrected chi connectivity index (χ3v) is 6.26. The van der Waals surface area contributed by atoms with Crippen molar-refractivity contribution in [2.45, 2.75) is 36.7 Å². The third kappa shape index (κ3) is 3.11. The molecule has 7 heteroatoms. The molecule has 1 saturated carbocycles. The lowest BCUT2D eigenvalue weighted by Gasteiger charge is -2.13. The molecule has 2 heterocycles. The van der Waals surface area contributed by atoms with Gasteiger partial charge in [-0.05, 0) is 49.6 Å². The van der Waals surface area contributed by atoms with Crippen LogP contribution >= 0.6 is 11.8 Å². The van der Waals surface area contributed by atoms with Crippen LogP contribution in [0, 0.1) is 6.92 Å². The zero-order valence-corrected chi connectivity index (χ0v) is 16.5. The number of para-hydroxylation sites is 1. The van der Waals surface area contributed by atoms with Crippen molar-refractivity contribution >= 4 is 33.6 Å². The van der Waals surface area contributed by atoms with Crippen LogP contribution in [-0.4, -0.2) is 14.7 Å². The van der Waals surface area contributed by atoms with Crippen LogP contribution in [-0.2, 0) is 5.75 Å². The summed E-state index contributed by atoms with van der Waals surface area (Å²) < 4.78 is 7.11. The highest BCUT2D eigenvalue weighted by atomic mass is 32.2. The number of hydrogen-bond donors (Lipinski definition) is 1. The van der Waals surface area contributed by atoms with E-state index in [9.17, 15) is 14.7 Å². The van der Waals surface area contributed by atoms with Crippen molar-refractivity contribution in [1.82, 2.24) is 9.55 Å². The van der Waals surface area contributed by atoms with E-state index in [0.717, 1.165) is 23.8 Å². The minimum absolute atomic E-state index is 0.0150. The van der Waals surface area contributed by atoms with Crippen LogP contribution in [0.2, 0.25) is 0 Å². The van der Waals surface area contributed by atoms with Crippen LogP contribution in [0.1, 0.15) is 30.0 Å². The number of aromatic hydroxyl groups is 1. The number of benzene rings is 2. The van der Waals surface area contributed by atoms with Gasteiger partial charge in [0.25, 0.3) is 5.56 Å². The van der Waals surface area contributed by atoms with Crippen LogP contribution in [0.3, 0.4) is 0 Å². The molecule has 146 valence electrons. The highest BCUT2D eigenvalue weighted by Gasteiger charge is 2.28. The lowest BCUT2D eigenvalue weighted by atomic mass is 10.1. The van der Waals surface area contributed by atoms with E-state index in [-0.39, 0.29) is 17.4 Å². The van der Waals surface area contributed by atoms with Crippen molar-refractivity contribution in [3.05, 3.63) is 74.4 Å². The van der Waals surface area contributed by atoms with E-state index in [4.69, 9.17) is 9.40 Å². The Balaban J connectivity index is 1.60. The first kappa shape index (κ1) is 18.0. The van der Waals surface area contributed by atoms with Gasteiger partial charge in [-0.25, -0.2) is 9.78 Å². The van der Waals surface area contributed by atoms with E-state index in [1.165, 1.54) is 17.8 Å². The summed E-state index contributed by atoms with van der Waals surface area (Å²) in [5.41, 5.74) is 1.90. The summed E-state index contributed by atoms with van der Waals surface area (Å²) in [6.45, 7) is 1.72. The fourth-order valence-corrected chi connectivity index (χ4v) is 4.62. The maximum atomic E-state index is 13.0. The molecule has 0 unspecified atom stereocenters. The molecule has 0 radical (unpaired) electrons. The van der Waals surface area contributed by atoms with Crippen molar-refractivity contribution in [3.8, 4) is 5.75 Å². The van der Waals surface area contributed by atoms with Gasteiger partial charge >= 0.3 is 5.63 Å². The van der Waals surface area contributed by atoms with Gasteiger partial charge in [0.15, 0.2) is 5.16 Å². The van der Waals surface area contributed by atoms with E-state index in [1.54, 1.807) is 23.6 Å². The first-order valence-corrected chi connectivity index (χ1v) is 10.4. The number of thioether (sulfide) groups is 1. The van der Waals surface area contributed by atoms with Gasteiger partial charge in [0.2, 0.25) is 0 Å². The third-order valence-electron chi connectivity index (χ3n) is 5.26. The number of aromatic nitrogens is 2. The number of aryl methyl sites for hydroxylation is 1. The second kappa shape index (κ2) is 6.77. The monoisotopic (exact) mass is 406 g/mol. The number of phenols is 1. The average Bonchev–Trinajstić information content (AvgIpc) is 3.54. The molecular weight excluding hydrogens is 388 g/mol. The molecule has 29 heavy (non-hydrogen) atoms. The molecule has 0 amide bonds. The summed E-state index contributed by atoms with van der Waals surface area (Å²) in [7, 11) is 0. The zero-order valence-electron chi connectivity index (χ0n) is 15.7. The van der Waals surface area contributed by atoms with E-state index >= 15 is 0 Å². The molecule has 0 atom stereocenters. The number of nitrogens with zero attached hydrogens (tertiary/aromatic N) is 2. The Morgan fingerprint density at radius 1 is 1.17 bits per heavy atom. The van der Waals surface area contributed by atoms with Gasteiger partial charge < -0.3 is 9.52 Å². The SMILES string of the molecule is Cc1c(O)ccc2c(CSc3nc4ccccc4c(=O)n3C3CC3)cc(=O)oc12. The highest BCUT2D eigenvalue weighted by molar-refractivity contribution is 7.98. The van der Waals surface area contributed by atoms with Crippen molar-refractivity contribution in [2.75, 3.05) is 0 Å². The molecule has 0 saturated heterocycles. The van der Waals surface area contributed by atoms with Crippen LogP contribution in [0.25, 0.3) is 21.9 Å². The molecule has 5 rings (SSSR count). The molecule has 1 aliphatic rings. The standard InChI is InChI=1S/C22H18N2O4S/c1-12-18(25)9-8-15-13(10-19(26)28-20(12)15)11-29-22-23-17-5-3-2-4-16(17)21(27)24(22)14-6-7-14/h2-5,8-10,14,25H,6-7,11H2,1H3. The maximum absolute atomic E-state index is 13.0. The van der Waals surface area contributed by atoms with Gasteiger partial charge in [-0.15, -0.1) is 0 Å². The Bertz CT molecular complexity index is 1390. The molecule has 1 aliphatic carbocycles. The second-order valence-electron chi connectivity index (χ2n) is 7.28. The quantitative estimate of drug-likeness (QED) is 0.311. The fourth-order valence-electron chi connectivity index (χ4n) is 3.56. The van der Waals surface area contributed by atoms with E-state index in [0.29, 0.717) is 33.0 Å². The van der Waals surface area contributed by atoms with Crippen molar-refractivity contribution in [2.24, 2.45) is 0 Å². The van der Waals surface area contributed by atoms with Crippen molar-refractivity contribution in [1.29, 1.82) is 0 Å². The van der Waals surface area contributed by atoms with Gasteiger partial charge in [-0.2, -0.15) is 0 Å². The largest absolute Gasteiger partial charge is 0.508 e. The summed E-state index contributed by atoms with van der Waals surface area (Å²) in [6.07, 6.45) is 1.95. The Morgan fingerprint density at radius 2 is 1.97 bits per heavy atom. The first-order valence-electron chi connectivity index (χ1n) is 9.42. The normalized spacial score (nSPS) is 14.0. The number of hydrogen-bond acceptors (Lipinski definition) is 6. The van der Waals surface area contributed by atoms with Gasteiger partial charge in [0.05, 0.1) is 10.9 Å². The van der Waals surface area contributed by atoms with Gasteiger partial charge in [-0.3, -0.25) is 9.36 Å². The van der Waals surface area contributed by atoms with E-state index in [1.807, 2.05) is 24.3 Å². The second-order valence-corrected chi connectivity index (χ2v) is 8.23. The van der Waals surface area contributed by atoms with Crippen molar-refractivity contribution in [3.63, 3.8) is 0 Å². The van der Waals surface area contributed by atoms with E-state index in [2.05, 4.69) is 0 Å². The molecule has 0 aliphatic heterocycles. The Labute approximate surface area is 169 Å². The molecular formula is C22H18N2O4S. The van der Waals surface area contributed by atoms with Crippen LogP contribution in [0.15, 0.2) is 61.6 Å². The van der Waals surface area contributed by atoms with Crippen LogP contribution in [0.4, 0.5) is 0 Å². The minimum atomic E-state index is -0.465. The lowest BCUT2D eigenvalue weighted by Crippen LogP contribution is -2.22. The van der Waals surface area contributed by atoms with Crippen LogP contribution in [0.5, 0.6) is 5.75 Å². The molecule has 0 spiro atoms. The maximum Gasteiger partial charge on any atom is 0.336 e. The predicted octanol–water partition coefficient (Wildman–Crippen LogP) is 4.14. The Kier molecular flexibility index (Phi) is 4.20. The topological polar surface area (TPSA) is 85.3 Å². The van der Waals surface area contributed by atoms with Gasteiger partial charge in [0.1, 0.15) is 11.3 Å². The Hall–Kier alpha value is -3.06. The molecule has 2 aromatic heterocycles. The smallest absolute Gasteiger partial charge is 0.336 e. The number of phenolic OH excluding ortho intramolecular Hbond substituents is 1. The predicted molar refractivity (Wildman–Crippen MR) is 113 cm³/mol. The Morgan fingerprint density at radius 3 is 2.76 bits per heavy atom. The first-order chi connectivity index (χ1) is 14.0. The van der Waals surface area contributed by atoms with Crippen LogP contribution < -0.4 is 11.2 Å². The summed E-state index contributed by atoms with van der Waals surface area (Å²) in [5, 5.41) is 12.0. The summed E-state index contributed by atoms with van der Waals surface area (Å²) >= 11 is 1.44. The molecule has 1 fully saturated rings. The molecule has 2 aromatic carbocycles. The zero-order chi connectivity index (χ0) is 20.1. The minimum Gasteiger partial charge on any atom is -0.508 e. The summed E-state index contributed by atoms with van der Waals surface area (Å²) in [6, 6.07) is 12.4. The molecule has 4 aromatic rings. The average molecular weight is 406 g/mol. The summed E-state index contributed by atoms with van der Waals surface area (Å²) in [4.78, 5) is 29.8. The number of fused-ring (bicyclic) bond motifs is 2. The summed E-state index contributed by atoms with van der Waals surface area (Å²) in [5.74, 6) is 0.549. The van der Waals surface area contributed by atoms with E-state index < -0.39 is 5.63 Å². The fraction of sp³-hybridized carbons (Fsp3) is 0.227.